The summed E-state index contributed by atoms with van der Waals surface area (Å²) in [7, 11) is 0. The monoisotopic (exact) mass is 1080 g/mol. The van der Waals surface area contributed by atoms with Gasteiger partial charge in [-0.3, -0.25) is 9.59 Å². The molecule has 22 nitrogen and oxygen atoms in total. The van der Waals surface area contributed by atoms with E-state index in [0.717, 1.165) is 124 Å². The number of aromatic nitrogens is 8. The van der Waals surface area contributed by atoms with Crippen LogP contribution in [0.3, 0.4) is 0 Å². The number of hydrogen-bond acceptors (Lipinski definition) is 17. The Labute approximate surface area is 462 Å². The Balaban J connectivity index is 0.000000195. The number of carbonyl (C=O) groups excluding carboxylic acids is 3. The second-order valence-electron chi connectivity index (χ2n) is 22.6. The third-order valence-corrected chi connectivity index (χ3v) is 14.5. The number of anilines is 4. The van der Waals surface area contributed by atoms with Crippen LogP contribution in [0, 0.1) is 0 Å². The van der Waals surface area contributed by atoms with Crippen molar-refractivity contribution >= 4 is 53.0 Å². The van der Waals surface area contributed by atoms with Crippen molar-refractivity contribution in [3.8, 4) is 0 Å². The van der Waals surface area contributed by atoms with Crippen molar-refractivity contribution in [2.75, 3.05) is 73.9 Å². The minimum Gasteiger partial charge on any atom is -0.444 e. The molecule has 3 amide bonds. The molecule has 0 unspecified atom stereocenters. The van der Waals surface area contributed by atoms with Gasteiger partial charge in [0, 0.05) is 106 Å². The third kappa shape index (κ3) is 15.4. The maximum absolute atomic E-state index is 13.2. The largest absolute Gasteiger partial charge is 0.444 e. The Hall–Kier alpha value is -7.17. The summed E-state index contributed by atoms with van der Waals surface area (Å²) in [5, 5.41) is 32.5. The van der Waals surface area contributed by atoms with Crippen molar-refractivity contribution in [1.82, 2.24) is 60.0 Å². The Morgan fingerprint density at radius 2 is 1.15 bits per heavy atom. The lowest BCUT2D eigenvalue weighted by Gasteiger charge is -2.34. The summed E-state index contributed by atoms with van der Waals surface area (Å²) >= 11 is 0. The molecule has 8 heterocycles. The molecule has 4 fully saturated rings. The predicted octanol–water partition coefficient (Wildman–Crippen LogP) is 7.51. The van der Waals surface area contributed by atoms with Crippen molar-refractivity contribution in [2.45, 2.75) is 155 Å². The highest BCUT2D eigenvalue weighted by Crippen LogP contribution is 2.26. The Bertz CT molecular complexity index is 3010. The minimum atomic E-state index is -0.559. The third-order valence-electron chi connectivity index (χ3n) is 14.5. The molecule has 4 aliphatic rings. The van der Waals surface area contributed by atoms with Gasteiger partial charge in [-0.2, -0.15) is 39.2 Å². The zero-order valence-electron chi connectivity index (χ0n) is 46.9. The summed E-state index contributed by atoms with van der Waals surface area (Å²) < 4.78 is 20.0. The quantitative estimate of drug-likeness (QED) is 0.0495. The van der Waals surface area contributed by atoms with Crippen molar-refractivity contribution < 1.29 is 28.6 Å². The lowest BCUT2D eigenvalue weighted by atomic mass is 10.0. The number of fused-ring (bicyclic) bond motifs is 2. The van der Waals surface area contributed by atoms with Gasteiger partial charge in [-0.15, -0.1) is 0 Å². The first-order valence-electron chi connectivity index (χ1n) is 28.3. The molecule has 424 valence electrons. The molecule has 0 spiro atoms. The second-order valence-corrected chi connectivity index (χ2v) is 22.6. The average molecular weight is 1090 g/mol. The first-order chi connectivity index (χ1) is 38.1. The van der Waals surface area contributed by atoms with Crippen LogP contribution in [0.25, 0.3) is 11.3 Å². The highest BCUT2D eigenvalue weighted by Gasteiger charge is 2.29. The molecular formula is C57H80N16O6. The number of benzene rings is 2. The molecule has 10 rings (SSSR count). The number of piperidine rings is 2. The van der Waals surface area contributed by atoms with E-state index >= 15 is 0 Å². The van der Waals surface area contributed by atoms with Gasteiger partial charge in [0.15, 0.2) is 11.3 Å². The van der Waals surface area contributed by atoms with Gasteiger partial charge < -0.3 is 56.3 Å². The maximum Gasteiger partial charge on any atom is 0.410 e. The highest BCUT2D eigenvalue weighted by atomic mass is 16.6. The molecule has 79 heavy (non-hydrogen) atoms. The summed E-state index contributed by atoms with van der Waals surface area (Å²) in [4.78, 5) is 59.4. The molecule has 22 heteroatoms. The highest BCUT2D eigenvalue weighted by molar-refractivity contribution is 5.95. The molecule has 2 atom stereocenters. The predicted molar refractivity (Wildman–Crippen MR) is 304 cm³/mol. The normalized spacial score (nSPS) is 18.5. The van der Waals surface area contributed by atoms with Crippen LogP contribution in [0.1, 0.15) is 155 Å². The van der Waals surface area contributed by atoms with Crippen LogP contribution in [0.15, 0.2) is 60.9 Å². The number of carbonyl (C=O) groups is 3. The smallest absolute Gasteiger partial charge is 0.410 e. The van der Waals surface area contributed by atoms with Gasteiger partial charge in [0.25, 0.3) is 11.8 Å². The van der Waals surface area contributed by atoms with Crippen LogP contribution in [0.5, 0.6) is 0 Å². The number of hydrogen-bond donors (Lipinski definition) is 7. The average Bonchev–Trinajstić information content (AvgIpc) is 4.10. The van der Waals surface area contributed by atoms with Crippen molar-refractivity contribution in [3.05, 3.63) is 94.3 Å². The summed E-state index contributed by atoms with van der Waals surface area (Å²) in [6.07, 6.45) is 10.7. The summed E-state index contributed by atoms with van der Waals surface area (Å²) in [5.41, 5.74) is 6.27. The molecule has 0 bridgehead atoms. The molecule has 4 saturated heterocycles. The Morgan fingerprint density at radius 1 is 0.658 bits per heavy atom. The van der Waals surface area contributed by atoms with Gasteiger partial charge in [-0.05, 0) is 126 Å². The van der Waals surface area contributed by atoms with Gasteiger partial charge >= 0.3 is 6.09 Å². The Kier molecular flexibility index (Phi) is 18.7. The summed E-state index contributed by atoms with van der Waals surface area (Å²) in [6, 6.07) is 15.8. The van der Waals surface area contributed by atoms with E-state index in [9.17, 15) is 14.4 Å². The van der Waals surface area contributed by atoms with Gasteiger partial charge in [0.2, 0.25) is 23.8 Å². The van der Waals surface area contributed by atoms with Crippen molar-refractivity contribution in [2.24, 2.45) is 0 Å². The van der Waals surface area contributed by atoms with Crippen molar-refractivity contribution in [3.63, 3.8) is 0 Å². The molecule has 4 aromatic heterocycles. The number of likely N-dealkylation sites (tertiary alicyclic amines) is 1. The maximum atomic E-state index is 13.2. The Morgan fingerprint density at radius 3 is 1.62 bits per heavy atom. The van der Waals surface area contributed by atoms with E-state index < -0.39 is 5.60 Å². The fraction of sp³-hybridized carbons (Fsp3) is 0.561. The molecule has 4 aliphatic heterocycles. The van der Waals surface area contributed by atoms with E-state index in [1.165, 1.54) is 0 Å². The lowest BCUT2D eigenvalue weighted by Crippen LogP contribution is -2.50. The fourth-order valence-corrected chi connectivity index (χ4v) is 10.1. The first-order valence-corrected chi connectivity index (χ1v) is 28.3. The topological polar surface area (TPSA) is 253 Å². The van der Waals surface area contributed by atoms with Crippen LogP contribution in [-0.2, 0) is 27.3 Å². The number of rotatable bonds is 16. The van der Waals surface area contributed by atoms with E-state index in [1.54, 1.807) is 20.0 Å². The fourth-order valence-electron chi connectivity index (χ4n) is 10.1. The summed E-state index contributed by atoms with van der Waals surface area (Å²) in [5.74, 6) is 2.68. The molecule has 2 aromatic carbocycles. The van der Waals surface area contributed by atoms with E-state index in [4.69, 9.17) is 34.1 Å². The van der Waals surface area contributed by atoms with Gasteiger partial charge in [-0.1, -0.05) is 52.0 Å². The lowest BCUT2D eigenvalue weighted by molar-refractivity contribution is 0.0185. The number of nitrogens with zero attached hydrogens (tertiary/aromatic N) is 9. The molecule has 0 radical (unpaired) electrons. The zero-order valence-corrected chi connectivity index (χ0v) is 46.9. The van der Waals surface area contributed by atoms with E-state index in [2.05, 4.69) is 75.1 Å². The zero-order chi connectivity index (χ0) is 55.5. The number of amides is 3. The van der Waals surface area contributed by atoms with E-state index in [0.29, 0.717) is 61.1 Å². The molecule has 7 N–H and O–H groups in total. The number of ether oxygens (including phenoxy) is 3. The standard InChI is InChI=1S/C31H44N8O4.C26H36N8O2/c1-20(2)25-18-33-39-26(25)36-28(35-23-11-14-42-15-12-23)37-29(39)32-17-21-8-6-9-22(16-21)27(40)34-24-10-7-13-38(19-24)30(41)43-31(3,4)5;1-17(2)22-16-29-34-23(22)32-25(31-20-8-11-36-12-9-20)33-26(34)28-14-18-5-3-6-19(13-18)24(35)30-21-7-4-10-27-15-21/h6,8-9,16,18,20,23-24H,7,10-15,17,19H2,1-5H3,(H,34,40)(H2,32,35,36,37);3,5-6,13,16-17,20-21,27H,4,7-12,14-15H2,1-2H3,(H,30,35)(H2,28,31,32,33)/t24-;21-/m00/s1. The molecule has 6 aromatic rings. The van der Waals surface area contributed by atoms with Crippen LogP contribution < -0.4 is 37.2 Å². The van der Waals surface area contributed by atoms with Crippen LogP contribution in [-0.4, -0.2) is 144 Å². The van der Waals surface area contributed by atoms with Gasteiger partial charge in [0.05, 0.1) is 12.4 Å². The molecule has 0 aliphatic carbocycles. The molecular weight excluding hydrogens is 1000 g/mol. The summed E-state index contributed by atoms with van der Waals surface area (Å²) in [6.45, 7) is 20.9. The van der Waals surface area contributed by atoms with E-state index in [-0.39, 0.29) is 53.9 Å². The number of nitrogens with one attached hydrogen (secondary N) is 7. The van der Waals surface area contributed by atoms with Crippen molar-refractivity contribution in [1.29, 1.82) is 0 Å². The van der Waals surface area contributed by atoms with Gasteiger partial charge in [0.1, 0.15) is 5.60 Å². The van der Waals surface area contributed by atoms with Crippen LogP contribution in [0.2, 0.25) is 0 Å². The van der Waals surface area contributed by atoms with Crippen LogP contribution >= 0.6 is 0 Å². The SMILES string of the molecule is CC(C)c1cnn2c(NCc3cccc(C(=O)N[C@H]4CCCN(C(=O)OC(C)(C)C)C4)c3)nc(NC3CCOCC3)nc12.CC(C)c1cnn2c(NCc3cccc(C(=O)N[C@H]4CCCNC4)c3)nc(NC3CCOCC3)nc12. The van der Waals surface area contributed by atoms with E-state index in [1.807, 2.05) is 75.6 Å². The minimum absolute atomic E-state index is 0.0356. The first kappa shape index (κ1) is 56.5. The second kappa shape index (κ2) is 26.2. The van der Waals surface area contributed by atoms with Gasteiger partial charge in [-0.25, -0.2) is 4.79 Å². The molecule has 0 saturated carbocycles. The van der Waals surface area contributed by atoms with Crippen LogP contribution in [0.4, 0.5) is 28.6 Å².